The van der Waals surface area contributed by atoms with Crippen LogP contribution in [-0.2, 0) is 15.8 Å². The Morgan fingerprint density at radius 2 is 1.96 bits per heavy atom. The van der Waals surface area contributed by atoms with E-state index in [0.29, 0.717) is 21.3 Å². The maximum atomic E-state index is 12.4. The summed E-state index contributed by atoms with van der Waals surface area (Å²) >= 11 is 8.71. The molecule has 10 heteroatoms. The number of thiophene rings is 1. The topological polar surface area (TPSA) is 88.2 Å². The first-order valence-electron chi connectivity index (χ1n) is 8.06. The van der Waals surface area contributed by atoms with Gasteiger partial charge in [-0.25, -0.2) is 18.1 Å². The minimum atomic E-state index is -3.42. The lowest BCUT2D eigenvalue weighted by molar-refractivity contribution is 0.102. The zero-order valence-corrected chi connectivity index (χ0v) is 17.7. The van der Waals surface area contributed by atoms with Crippen molar-refractivity contribution in [1.82, 2.24) is 9.71 Å². The molecule has 0 spiro atoms. The summed E-state index contributed by atoms with van der Waals surface area (Å²) in [6, 6.07) is 10.3. The van der Waals surface area contributed by atoms with Crippen LogP contribution in [0.2, 0.25) is 4.34 Å². The molecule has 2 heterocycles. The summed E-state index contributed by atoms with van der Waals surface area (Å²) in [4.78, 5) is 17.6. The van der Waals surface area contributed by atoms with Crippen molar-refractivity contribution in [2.75, 3.05) is 11.9 Å². The third-order valence-electron chi connectivity index (χ3n) is 3.54. The van der Waals surface area contributed by atoms with Gasteiger partial charge in [-0.1, -0.05) is 29.8 Å². The number of carbonyl (C=O) groups is 1. The molecule has 0 atom stereocenters. The zero-order chi connectivity index (χ0) is 20.1. The molecule has 146 valence electrons. The number of halogens is 1. The van der Waals surface area contributed by atoms with Crippen molar-refractivity contribution >= 4 is 55.9 Å². The van der Waals surface area contributed by atoms with Gasteiger partial charge in [0.1, 0.15) is 10.7 Å². The first-order chi connectivity index (χ1) is 13.4. The van der Waals surface area contributed by atoms with Crippen LogP contribution >= 0.6 is 34.3 Å². The van der Waals surface area contributed by atoms with Gasteiger partial charge >= 0.3 is 0 Å². The zero-order valence-electron chi connectivity index (χ0n) is 14.5. The van der Waals surface area contributed by atoms with Crippen LogP contribution in [0.15, 0.2) is 54.4 Å². The van der Waals surface area contributed by atoms with Gasteiger partial charge in [-0.15, -0.1) is 29.3 Å². The fourth-order valence-electron chi connectivity index (χ4n) is 2.26. The molecule has 0 radical (unpaired) electrons. The summed E-state index contributed by atoms with van der Waals surface area (Å²) in [5.41, 5.74) is 1.48. The van der Waals surface area contributed by atoms with E-state index >= 15 is 0 Å². The number of nitrogens with zero attached hydrogens (tertiary/aromatic N) is 1. The van der Waals surface area contributed by atoms with Crippen LogP contribution in [-0.4, -0.2) is 25.9 Å². The van der Waals surface area contributed by atoms with E-state index in [1.165, 1.54) is 28.7 Å². The van der Waals surface area contributed by atoms with E-state index in [-0.39, 0.29) is 18.2 Å². The van der Waals surface area contributed by atoms with Crippen molar-refractivity contribution in [2.45, 2.75) is 5.75 Å². The predicted octanol–water partition coefficient (Wildman–Crippen LogP) is 4.38. The molecule has 2 aromatic heterocycles. The highest BCUT2D eigenvalue weighted by molar-refractivity contribution is 7.88. The van der Waals surface area contributed by atoms with Gasteiger partial charge in [-0.2, -0.15) is 0 Å². The van der Waals surface area contributed by atoms with Crippen LogP contribution in [0.25, 0.3) is 9.88 Å². The Bertz CT molecular complexity index is 1090. The van der Waals surface area contributed by atoms with Crippen molar-refractivity contribution in [1.29, 1.82) is 0 Å². The van der Waals surface area contributed by atoms with Gasteiger partial charge in [-0.3, -0.25) is 4.79 Å². The Morgan fingerprint density at radius 1 is 1.21 bits per heavy atom. The Morgan fingerprint density at radius 3 is 2.61 bits per heavy atom. The van der Waals surface area contributed by atoms with Crippen LogP contribution in [0.1, 0.15) is 16.1 Å². The van der Waals surface area contributed by atoms with Crippen LogP contribution < -0.4 is 10.0 Å². The van der Waals surface area contributed by atoms with E-state index in [2.05, 4.69) is 21.6 Å². The van der Waals surface area contributed by atoms with Crippen LogP contribution in [0, 0.1) is 0 Å². The summed E-state index contributed by atoms with van der Waals surface area (Å²) in [7, 11) is -3.42. The van der Waals surface area contributed by atoms with Crippen molar-refractivity contribution in [2.24, 2.45) is 0 Å². The molecular formula is C18H16ClN3O3S3. The van der Waals surface area contributed by atoms with E-state index in [1.807, 2.05) is 6.07 Å². The molecule has 2 N–H and O–H groups in total. The number of rotatable bonds is 8. The molecule has 3 rings (SSSR count). The van der Waals surface area contributed by atoms with Gasteiger partial charge in [-0.05, 0) is 29.8 Å². The number of hydrogen-bond acceptors (Lipinski definition) is 6. The van der Waals surface area contributed by atoms with Crippen molar-refractivity contribution in [3.8, 4) is 9.88 Å². The number of nitrogens with one attached hydrogen (secondary N) is 2. The first kappa shape index (κ1) is 20.7. The second kappa shape index (κ2) is 8.97. The average molecular weight is 454 g/mol. The average Bonchev–Trinajstić information content (AvgIpc) is 3.30. The molecule has 1 amide bonds. The molecule has 3 aromatic rings. The van der Waals surface area contributed by atoms with E-state index in [9.17, 15) is 13.2 Å². The fraction of sp³-hybridized carbons (Fsp3) is 0.111. The quantitative estimate of drug-likeness (QED) is 0.495. The molecule has 0 aliphatic carbocycles. The Labute approximate surface area is 176 Å². The van der Waals surface area contributed by atoms with Gasteiger partial charge in [0.25, 0.3) is 5.91 Å². The Hall–Kier alpha value is -2.04. The number of hydrogen-bond donors (Lipinski definition) is 2. The molecule has 0 bridgehead atoms. The second-order valence-corrected chi connectivity index (χ2v) is 10.1. The third-order valence-corrected chi connectivity index (χ3v) is 7.10. The summed E-state index contributed by atoms with van der Waals surface area (Å²) < 4.78 is 26.8. The third kappa shape index (κ3) is 5.49. The van der Waals surface area contributed by atoms with Gasteiger partial charge in [0.05, 0.1) is 15.0 Å². The molecule has 28 heavy (non-hydrogen) atoms. The number of thiazole rings is 1. The minimum Gasteiger partial charge on any atom is -0.321 e. The number of amides is 1. The number of aromatic nitrogens is 1. The molecular weight excluding hydrogens is 438 g/mol. The van der Waals surface area contributed by atoms with Crippen LogP contribution in [0.3, 0.4) is 0 Å². The Balaban J connectivity index is 1.63. The van der Waals surface area contributed by atoms with Crippen LogP contribution in [0.4, 0.5) is 5.69 Å². The SMILES string of the molecule is C=CCNS(=O)(=O)Cc1ccc(NC(=O)c2csc(-c3ccc(Cl)s3)n2)cc1. The highest BCUT2D eigenvalue weighted by atomic mass is 35.5. The van der Waals surface area contributed by atoms with Gasteiger partial charge in [0.15, 0.2) is 0 Å². The highest BCUT2D eigenvalue weighted by Crippen LogP contribution is 2.33. The summed E-state index contributed by atoms with van der Waals surface area (Å²) in [5.74, 6) is -0.480. The molecule has 0 saturated carbocycles. The lowest BCUT2D eigenvalue weighted by Gasteiger charge is -2.07. The minimum absolute atomic E-state index is 0.145. The first-order valence-corrected chi connectivity index (χ1v) is 11.8. The Kier molecular flexibility index (Phi) is 6.63. The molecule has 1 aromatic carbocycles. The maximum absolute atomic E-state index is 12.4. The van der Waals surface area contributed by atoms with Crippen molar-refractivity contribution in [3.63, 3.8) is 0 Å². The summed E-state index contributed by atoms with van der Waals surface area (Å²) in [6.45, 7) is 3.66. The van der Waals surface area contributed by atoms with E-state index < -0.39 is 10.0 Å². The lowest BCUT2D eigenvalue weighted by Crippen LogP contribution is -2.25. The van der Waals surface area contributed by atoms with Gasteiger partial charge in [0, 0.05) is 17.6 Å². The number of sulfonamides is 1. The summed E-state index contributed by atoms with van der Waals surface area (Å²) in [5, 5.41) is 5.17. The molecule has 0 aliphatic heterocycles. The molecule has 0 unspecified atom stereocenters. The lowest BCUT2D eigenvalue weighted by atomic mass is 10.2. The molecule has 6 nitrogen and oxygen atoms in total. The highest BCUT2D eigenvalue weighted by Gasteiger charge is 2.14. The summed E-state index contributed by atoms with van der Waals surface area (Å²) in [6.07, 6.45) is 1.48. The van der Waals surface area contributed by atoms with Crippen molar-refractivity contribution in [3.05, 3.63) is 70.0 Å². The number of anilines is 1. The predicted molar refractivity (Wildman–Crippen MR) is 116 cm³/mol. The molecule has 0 fully saturated rings. The maximum Gasteiger partial charge on any atom is 0.275 e. The largest absolute Gasteiger partial charge is 0.321 e. The second-order valence-electron chi connectivity index (χ2n) is 5.69. The van der Waals surface area contributed by atoms with Crippen molar-refractivity contribution < 1.29 is 13.2 Å². The standard InChI is InChI=1S/C18H16ClN3O3S3/c1-2-9-20-28(24,25)11-12-3-5-13(6-4-12)21-17(23)14-10-26-18(22-14)15-7-8-16(19)27-15/h2-8,10,20H,1,9,11H2,(H,21,23). The smallest absolute Gasteiger partial charge is 0.275 e. The van der Waals surface area contributed by atoms with E-state index in [1.54, 1.807) is 35.7 Å². The molecule has 0 aliphatic rings. The number of benzene rings is 1. The monoisotopic (exact) mass is 453 g/mol. The van der Waals surface area contributed by atoms with E-state index in [4.69, 9.17) is 11.6 Å². The fourth-order valence-corrected chi connectivity index (χ4v) is 5.28. The van der Waals surface area contributed by atoms with Gasteiger partial charge < -0.3 is 5.32 Å². The van der Waals surface area contributed by atoms with Gasteiger partial charge in [0.2, 0.25) is 10.0 Å². The molecule has 0 saturated heterocycles. The normalized spacial score (nSPS) is 11.3. The van der Waals surface area contributed by atoms with E-state index in [0.717, 1.165) is 9.88 Å². The van der Waals surface area contributed by atoms with Crippen LogP contribution in [0.5, 0.6) is 0 Å². The number of carbonyl (C=O) groups excluding carboxylic acids is 1.